The molecule has 0 aromatic heterocycles. The third-order valence-corrected chi connectivity index (χ3v) is 3.64. The minimum atomic E-state index is 0.224. The van der Waals surface area contributed by atoms with Crippen LogP contribution in [0.2, 0.25) is 0 Å². The molecule has 2 N–H and O–H groups in total. The van der Waals surface area contributed by atoms with Gasteiger partial charge in [-0.2, -0.15) is 0 Å². The summed E-state index contributed by atoms with van der Waals surface area (Å²) in [4.78, 5) is 2.38. The van der Waals surface area contributed by atoms with E-state index in [-0.39, 0.29) is 6.04 Å². The van der Waals surface area contributed by atoms with Crippen LogP contribution in [0.15, 0.2) is 24.3 Å². The monoisotopic (exact) mass is 280 g/mol. The molecule has 0 bridgehead atoms. The number of nitrogens with zero attached hydrogens (tertiary/aromatic N) is 1. The number of benzene rings is 1. The van der Waals surface area contributed by atoms with Crippen molar-refractivity contribution >= 4 is 0 Å². The van der Waals surface area contributed by atoms with Crippen LogP contribution in [-0.4, -0.2) is 44.9 Å². The molecule has 0 fully saturated rings. The molecule has 0 saturated heterocycles. The molecule has 1 aromatic carbocycles. The van der Waals surface area contributed by atoms with Crippen molar-refractivity contribution in [2.24, 2.45) is 5.73 Å². The van der Waals surface area contributed by atoms with Crippen LogP contribution in [0.3, 0.4) is 0 Å². The minimum Gasteiger partial charge on any atom is -0.383 e. The third kappa shape index (κ3) is 4.56. The molecule has 0 saturated carbocycles. The summed E-state index contributed by atoms with van der Waals surface area (Å²) >= 11 is 0. The fourth-order valence-corrected chi connectivity index (χ4v) is 2.64. The first-order valence-corrected chi connectivity index (χ1v) is 7.20. The lowest BCUT2D eigenvalue weighted by atomic mass is 10.0. The lowest BCUT2D eigenvalue weighted by Crippen LogP contribution is -2.42. The van der Waals surface area contributed by atoms with Crippen LogP contribution in [0.1, 0.15) is 31.0 Å². The lowest BCUT2D eigenvalue weighted by molar-refractivity contribution is 0.0751. The Bertz CT molecular complexity index is 367. The maximum atomic E-state index is 6.00. The van der Waals surface area contributed by atoms with E-state index in [1.807, 2.05) is 0 Å². The standard InChI is InChI=1S/C16H28N2O2/c1-5-18(13(2)11-19-3)16(10-17)15-8-6-14(7-9-15)12-20-4/h6-9,13,16H,5,10-12,17H2,1-4H3. The van der Waals surface area contributed by atoms with Crippen LogP contribution in [0.25, 0.3) is 0 Å². The molecule has 0 aliphatic carbocycles. The van der Waals surface area contributed by atoms with Crippen LogP contribution >= 0.6 is 0 Å². The summed E-state index contributed by atoms with van der Waals surface area (Å²) < 4.78 is 10.4. The molecule has 0 radical (unpaired) electrons. The van der Waals surface area contributed by atoms with Crippen molar-refractivity contribution in [2.75, 3.05) is 33.9 Å². The number of ether oxygens (including phenoxy) is 2. The summed E-state index contributed by atoms with van der Waals surface area (Å²) in [6.45, 7) is 7.25. The van der Waals surface area contributed by atoms with Crippen LogP contribution in [0, 0.1) is 0 Å². The van der Waals surface area contributed by atoms with E-state index < -0.39 is 0 Å². The van der Waals surface area contributed by atoms with E-state index >= 15 is 0 Å². The van der Waals surface area contributed by atoms with Crippen LogP contribution in [0.4, 0.5) is 0 Å². The zero-order valence-corrected chi connectivity index (χ0v) is 13.1. The molecular formula is C16H28N2O2. The SMILES string of the molecule is CCN(C(C)COC)C(CN)c1ccc(COC)cc1. The fourth-order valence-electron chi connectivity index (χ4n) is 2.64. The van der Waals surface area contributed by atoms with Crippen molar-refractivity contribution in [3.8, 4) is 0 Å². The highest BCUT2D eigenvalue weighted by atomic mass is 16.5. The van der Waals surface area contributed by atoms with Crippen LogP contribution < -0.4 is 5.73 Å². The summed E-state index contributed by atoms with van der Waals surface area (Å²) in [5, 5.41) is 0. The Morgan fingerprint density at radius 1 is 1.15 bits per heavy atom. The molecule has 4 nitrogen and oxygen atoms in total. The quantitative estimate of drug-likeness (QED) is 0.753. The fraction of sp³-hybridized carbons (Fsp3) is 0.625. The summed E-state index contributed by atoms with van der Waals surface area (Å²) in [5.74, 6) is 0. The van der Waals surface area contributed by atoms with Gasteiger partial charge in [0.25, 0.3) is 0 Å². The molecule has 4 heteroatoms. The molecule has 0 aliphatic rings. The molecule has 114 valence electrons. The van der Waals surface area contributed by atoms with Crippen molar-refractivity contribution < 1.29 is 9.47 Å². The molecule has 0 amide bonds. The van der Waals surface area contributed by atoms with Gasteiger partial charge in [0.2, 0.25) is 0 Å². The van der Waals surface area contributed by atoms with Crippen LogP contribution in [0.5, 0.6) is 0 Å². The van der Waals surface area contributed by atoms with Crippen molar-refractivity contribution in [3.63, 3.8) is 0 Å². The second-order valence-corrected chi connectivity index (χ2v) is 5.06. The molecular weight excluding hydrogens is 252 g/mol. The normalized spacial score (nSPS) is 14.5. The highest BCUT2D eigenvalue weighted by molar-refractivity contribution is 5.25. The first-order chi connectivity index (χ1) is 9.67. The maximum Gasteiger partial charge on any atom is 0.0713 e. The zero-order valence-electron chi connectivity index (χ0n) is 13.1. The molecule has 0 spiro atoms. The van der Waals surface area contributed by atoms with E-state index in [0.717, 1.165) is 6.54 Å². The summed E-state index contributed by atoms with van der Waals surface area (Å²) in [5.41, 5.74) is 8.43. The van der Waals surface area contributed by atoms with E-state index in [0.29, 0.717) is 25.8 Å². The van der Waals surface area contributed by atoms with Gasteiger partial charge in [0.05, 0.1) is 13.2 Å². The van der Waals surface area contributed by atoms with Gasteiger partial charge in [-0.15, -0.1) is 0 Å². The Balaban J connectivity index is 2.86. The molecule has 1 aromatic rings. The third-order valence-electron chi connectivity index (χ3n) is 3.64. The number of likely N-dealkylation sites (N-methyl/N-ethyl adjacent to an activating group) is 1. The van der Waals surface area contributed by atoms with Crippen LogP contribution in [-0.2, 0) is 16.1 Å². The number of nitrogens with two attached hydrogens (primary N) is 1. The van der Waals surface area contributed by atoms with Gasteiger partial charge in [0, 0.05) is 32.8 Å². The maximum absolute atomic E-state index is 6.00. The Kier molecular flexibility index (Phi) is 7.77. The Morgan fingerprint density at radius 2 is 1.80 bits per heavy atom. The zero-order chi connectivity index (χ0) is 15.0. The highest BCUT2D eigenvalue weighted by Gasteiger charge is 2.22. The number of hydrogen-bond acceptors (Lipinski definition) is 4. The van der Waals surface area contributed by atoms with Gasteiger partial charge in [0.1, 0.15) is 0 Å². The topological polar surface area (TPSA) is 47.7 Å². The molecule has 2 atom stereocenters. The first kappa shape index (κ1) is 17.1. The van der Waals surface area contributed by atoms with E-state index in [1.54, 1.807) is 14.2 Å². The molecule has 2 unspecified atom stereocenters. The molecule has 1 rings (SSSR count). The van der Waals surface area contributed by atoms with Gasteiger partial charge in [-0.3, -0.25) is 4.90 Å². The predicted molar refractivity (Wildman–Crippen MR) is 82.7 cm³/mol. The summed E-state index contributed by atoms with van der Waals surface area (Å²) in [7, 11) is 3.45. The predicted octanol–water partition coefficient (Wildman–Crippen LogP) is 2.19. The van der Waals surface area contributed by atoms with Gasteiger partial charge in [-0.25, -0.2) is 0 Å². The number of hydrogen-bond donors (Lipinski definition) is 1. The average molecular weight is 280 g/mol. The second kappa shape index (κ2) is 9.08. The lowest BCUT2D eigenvalue weighted by Gasteiger charge is -2.35. The van der Waals surface area contributed by atoms with Gasteiger partial charge in [0.15, 0.2) is 0 Å². The van der Waals surface area contributed by atoms with Gasteiger partial charge in [-0.05, 0) is 24.6 Å². The minimum absolute atomic E-state index is 0.224. The van der Waals surface area contributed by atoms with Crippen molar-refractivity contribution in [3.05, 3.63) is 35.4 Å². The summed E-state index contributed by atoms with van der Waals surface area (Å²) in [6, 6.07) is 9.08. The molecule has 0 heterocycles. The van der Waals surface area contributed by atoms with Gasteiger partial charge >= 0.3 is 0 Å². The van der Waals surface area contributed by atoms with E-state index in [1.165, 1.54) is 11.1 Å². The molecule has 0 aliphatic heterocycles. The van der Waals surface area contributed by atoms with E-state index in [2.05, 4.69) is 43.0 Å². The first-order valence-electron chi connectivity index (χ1n) is 7.20. The number of rotatable bonds is 9. The Labute approximate surface area is 122 Å². The highest BCUT2D eigenvalue weighted by Crippen LogP contribution is 2.22. The Morgan fingerprint density at radius 3 is 2.25 bits per heavy atom. The largest absolute Gasteiger partial charge is 0.383 e. The second-order valence-electron chi connectivity index (χ2n) is 5.06. The van der Waals surface area contributed by atoms with Gasteiger partial charge < -0.3 is 15.2 Å². The van der Waals surface area contributed by atoms with Gasteiger partial charge in [-0.1, -0.05) is 31.2 Å². The van der Waals surface area contributed by atoms with E-state index in [4.69, 9.17) is 15.2 Å². The van der Waals surface area contributed by atoms with E-state index in [9.17, 15) is 0 Å². The molecule has 20 heavy (non-hydrogen) atoms. The smallest absolute Gasteiger partial charge is 0.0713 e. The van der Waals surface area contributed by atoms with Crippen molar-refractivity contribution in [2.45, 2.75) is 32.5 Å². The van der Waals surface area contributed by atoms with Crippen molar-refractivity contribution in [1.29, 1.82) is 0 Å². The number of methoxy groups -OCH3 is 2. The summed E-state index contributed by atoms with van der Waals surface area (Å²) in [6.07, 6.45) is 0. The Hall–Kier alpha value is -0.940. The van der Waals surface area contributed by atoms with Crippen molar-refractivity contribution in [1.82, 2.24) is 4.90 Å². The average Bonchev–Trinajstić information content (AvgIpc) is 2.46.